The van der Waals surface area contributed by atoms with Crippen molar-refractivity contribution >= 4 is 92.5 Å². The number of para-hydroxylation sites is 4. The molecule has 0 spiro atoms. The number of fused-ring (bicyclic) bond motifs is 8. The molecule has 14 heteroatoms. The van der Waals surface area contributed by atoms with Crippen molar-refractivity contribution in [3.05, 3.63) is 273 Å². The summed E-state index contributed by atoms with van der Waals surface area (Å²) in [5, 5.41) is 24.4. The first-order valence-corrected chi connectivity index (χ1v) is 42.4. The standard InChI is InChI=1S/C11H13NS.C11H13N.C10H12N2.C9H9N.C8H6S.2C7H6N2.C6H5N3.13C2H6/c1-11(2,3)10-12-8-6-4-5-7-9(8)13-10;1-9(2)12-8-7-10-5-3-4-6-11(10)12;1-8(2)12-10-6-4-3-5-9(10)7-11-12;1-10-7-6-8-4-2-3-5-9(8)10;1-2-4-8-7(3-1)5-6-9-8;1-2-6-9-7(3-1)4-5-8-9;1-2-5-9-6-4-8-7(9)3-1;1-2-4-9-5-7-8-6(9)3-1;13*1-2/h4-7H,1-3H3;3-9H,1-2H3;3-8H,1-2H3;2-7H,1H3;3*1-6H;1-5H;13*1-2H3. The smallest absolute Gasteiger partial charge is 0.160 e. The van der Waals surface area contributed by atoms with Crippen molar-refractivity contribution in [2.24, 2.45) is 7.05 Å². The Morgan fingerprint density at radius 3 is 1.36 bits per heavy atom. The zero-order valence-electron chi connectivity index (χ0n) is 74.2. The van der Waals surface area contributed by atoms with Gasteiger partial charge in [-0.1, -0.05) is 304 Å². The molecule has 0 N–H and O–H groups in total. The monoisotopic (exact) mass is 1520 g/mol. The zero-order valence-corrected chi connectivity index (χ0v) is 75.9. The lowest BCUT2D eigenvalue weighted by molar-refractivity contribution is 0.551. The van der Waals surface area contributed by atoms with Crippen LogP contribution in [0.1, 0.15) is 246 Å². The van der Waals surface area contributed by atoms with Crippen LogP contribution in [0.5, 0.6) is 0 Å². The van der Waals surface area contributed by atoms with Crippen LogP contribution in [-0.2, 0) is 12.5 Å². The molecular formula is C95H148N12S2. The minimum atomic E-state index is 0.170. The predicted octanol–water partition coefficient (Wildman–Crippen LogP) is 31.3. The summed E-state index contributed by atoms with van der Waals surface area (Å²) >= 11 is 3.58. The van der Waals surface area contributed by atoms with E-state index in [0.717, 1.165) is 22.3 Å². The summed E-state index contributed by atoms with van der Waals surface area (Å²) in [7, 11) is 2.06. The van der Waals surface area contributed by atoms with Gasteiger partial charge in [0.25, 0.3) is 0 Å². The van der Waals surface area contributed by atoms with Crippen molar-refractivity contribution in [2.75, 3.05) is 0 Å². The van der Waals surface area contributed by atoms with Crippen molar-refractivity contribution in [2.45, 2.75) is 246 Å². The number of thiazole rings is 1. The fourth-order valence-electron chi connectivity index (χ4n) is 8.78. The third-order valence-corrected chi connectivity index (χ3v) is 15.4. The highest BCUT2D eigenvalue weighted by Gasteiger charge is 2.18. The maximum atomic E-state index is 4.60. The molecule has 0 aliphatic carbocycles. The Morgan fingerprint density at radius 2 is 0.835 bits per heavy atom. The molecule has 600 valence electrons. The van der Waals surface area contributed by atoms with Crippen LogP contribution in [0.15, 0.2) is 268 Å². The van der Waals surface area contributed by atoms with Crippen molar-refractivity contribution < 1.29 is 0 Å². The third-order valence-electron chi connectivity index (χ3n) is 13.1. The molecule has 0 amide bonds. The summed E-state index contributed by atoms with van der Waals surface area (Å²) in [6.45, 7) is 67.3. The summed E-state index contributed by atoms with van der Waals surface area (Å²) in [5.74, 6) is 0. The van der Waals surface area contributed by atoms with E-state index in [1.807, 2.05) is 308 Å². The number of imidazole rings is 1. The van der Waals surface area contributed by atoms with Gasteiger partial charge in [-0.15, -0.1) is 32.9 Å². The number of thiophene rings is 1. The molecule has 16 rings (SSSR count). The van der Waals surface area contributed by atoms with Gasteiger partial charge in [0.05, 0.1) is 32.5 Å². The second-order valence-corrected chi connectivity index (χ2v) is 22.9. The average Bonchev–Trinajstić information content (AvgIpc) is 1.68. The first-order valence-electron chi connectivity index (χ1n) is 40.7. The van der Waals surface area contributed by atoms with Crippen molar-refractivity contribution in [3.8, 4) is 0 Å². The molecule has 0 fully saturated rings. The highest BCUT2D eigenvalue weighted by atomic mass is 32.1. The molecule has 0 unspecified atom stereocenters. The lowest BCUT2D eigenvalue weighted by atomic mass is 9.98. The van der Waals surface area contributed by atoms with Gasteiger partial charge in [0, 0.05) is 95.2 Å². The van der Waals surface area contributed by atoms with Crippen LogP contribution < -0.4 is 0 Å². The Balaban J connectivity index is -0.000000363. The molecule has 11 aromatic heterocycles. The number of aromatic nitrogens is 12. The average molecular weight is 1520 g/mol. The van der Waals surface area contributed by atoms with E-state index >= 15 is 0 Å². The van der Waals surface area contributed by atoms with Gasteiger partial charge in [0.2, 0.25) is 0 Å². The lowest BCUT2D eigenvalue weighted by Crippen LogP contribution is -2.09. The van der Waals surface area contributed by atoms with Crippen LogP contribution in [0.3, 0.4) is 0 Å². The highest BCUT2D eigenvalue weighted by molar-refractivity contribution is 7.18. The molecule has 12 nitrogen and oxygen atoms in total. The van der Waals surface area contributed by atoms with E-state index in [0.29, 0.717) is 12.1 Å². The van der Waals surface area contributed by atoms with Gasteiger partial charge in [0.1, 0.15) is 12.0 Å². The number of benzene rings is 5. The summed E-state index contributed by atoms with van der Waals surface area (Å²) in [4.78, 5) is 8.68. The molecule has 11 heterocycles. The molecule has 5 aromatic carbocycles. The van der Waals surface area contributed by atoms with E-state index in [9.17, 15) is 0 Å². The minimum Gasteiger partial charge on any atom is -0.351 e. The van der Waals surface area contributed by atoms with Crippen LogP contribution in [0.4, 0.5) is 0 Å². The quantitative estimate of drug-likeness (QED) is 0.171. The van der Waals surface area contributed by atoms with E-state index in [4.69, 9.17) is 0 Å². The first-order chi connectivity index (χ1) is 53.4. The Kier molecular flexibility index (Phi) is 70.8. The van der Waals surface area contributed by atoms with E-state index in [-0.39, 0.29) is 5.41 Å². The largest absolute Gasteiger partial charge is 0.351 e. The molecule has 0 aliphatic rings. The number of hydrogen-bond acceptors (Lipinski definition) is 8. The predicted molar refractivity (Wildman–Crippen MR) is 496 cm³/mol. The summed E-state index contributed by atoms with van der Waals surface area (Å²) in [6.07, 6.45) is 19.1. The van der Waals surface area contributed by atoms with Crippen LogP contribution in [-0.4, -0.2) is 57.5 Å². The van der Waals surface area contributed by atoms with Gasteiger partial charge >= 0.3 is 0 Å². The highest BCUT2D eigenvalue weighted by Crippen LogP contribution is 2.31. The van der Waals surface area contributed by atoms with Crippen molar-refractivity contribution in [3.63, 3.8) is 0 Å². The van der Waals surface area contributed by atoms with Crippen LogP contribution in [0.2, 0.25) is 0 Å². The maximum absolute atomic E-state index is 4.60. The van der Waals surface area contributed by atoms with E-state index in [2.05, 4.69) is 234 Å². The second kappa shape index (κ2) is 71.4. The Labute approximate surface area is 671 Å². The normalized spacial score (nSPS) is 8.99. The fourth-order valence-corrected chi connectivity index (χ4v) is 10.6. The van der Waals surface area contributed by atoms with Crippen molar-refractivity contribution in [1.82, 2.24) is 57.5 Å². The summed E-state index contributed by atoms with van der Waals surface area (Å²) in [5.41, 5.74) is 8.15. The Hall–Kier alpha value is -9.50. The second-order valence-electron chi connectivity index (χ2n) is 20.9. The number of aryl methyl sites for hydroxylation is 1. The summed E-state index contributed by atoms with van der Waals surface area (Å²) in [6, 6.07) is 68.9. The lowest BCUT2D eigenvalue weighted by Gasteiger charge is -2.13. The van der Waals surface area contributed by atoms with Gasteiger partial charge in [0.15, 0.2) is 5.65 Å². The molecule has 109 heavy (non-hydrogen) atoms. The molecule has 0 bridgehead atoms. The SMILES string of the molecule is CC.CC.CC.CC.CC.CC.CC.CC.CC.CC.CC.CC.CC.CC(C)(C)c1nc2ccccc2s1.CC(C)n1ccc2ccccc21.CC(C)n1ncc2ccccc21.Cn1ccc2ccccc21.c1ccc2sccc2c1.c1ccn2ccnc2c1.c1ccn2cnnc2c1.c1ccn2nccc2c1. The van der Waals surface area contributed by atoms with E-state index in [1.165, 1.54) is 52.5 Å². The molecular weight excluding hydrogens is 1370 g/mol. The molecule has 0 atom stereocenters. The van der Waals surface area contributed by atoms with Crippen LogP contribution in [0.25, 0.3) is 69.8 Å². The number of nitrogens with zero attached hydrogens (tertiary/aromatic N) is 12. The molecule has 0 aliphatic heterocycles. The van der Waals surface area contributed by atoms with Gasteiger partial charge in [-0.2, -0.15) is 10.2 Å². The molecule has 0 saturated heterocycles. The number of rotatable bonds is 2. The van der Waals surface area contributed by atoms with E-state index in [1.54, 1.807) is 41.4 Å². The molecule has 16 aromatic rings. The maximum Gasteiger partial charge on any atom is 0.160 e. The van der Waals surface area contributed by atoms with Gasteiger partial charge in [-0.05, 0) is 146 Å². The number of hydrogen-bond donors (Lipinski definition) is 0. The fraction of sp³-hybridized carbons (Fsp3) is 0.389. The van der Waals surface area contributed by atoms with Crippen LogP contribution >= 0.6 is 22.7 Å². The Bertz CT molecular complexity index is 4030. The molecule has 0 saturated carbocycles. The zero-order chi connectivity index (χ0) is 84.0. The summed E-state index contributed by atoms with van der Waals surface area (Å²) < 4.78 is 14.8. The number of pyridine rings is 3. The van der Waals surface area contributed by atoms with Crippen LogP contribution in [0, 0.1) is 0 Å². The van der Waals surface area contributed by atoms with Gasteiger partial charge < -0.3 is 13.5 Å². The van der Waals surface area contributed by atoms with E-state index < -0.39 is 0 Å². The van der Waals surface area contributed by atoms with Crippen molar-refractivity contribution in [1.29, 1.82) is 0 Å². The molecule has 0 radical (unpaired) electrons. The minimum absolute atomic E-state index is 0.170. The van der Waals surface area contributed by atoms with Gasteiger partial charge in [-0.25, -0.2) is 14.5 Å². The first kappa shape index (κ1) is 108. The Morgan fingerprint density at radius 1 is 0.367 bits per heavy atom. The van der Waals surface area contributed by atoms with Gasteiger partial charge in [-0.3, -0.25) is 9.08 Å². The topological polar surface area (TPSA) is 105 Å². The third kappa shape index (κ3) is 40.0.